The van der Waals surface area contributed by atoms with Crippen LogP contribution in [-0.4, -0.2) is 0 Å². The van der Waals surface area contributed by atoms with E-state index in [2.05, 4.69) is 27.4 Å². The zero-order chi connectivity index (χ0) is 8.69. The molecule has 66 valence electrons. The second-order valence-electron chi connectivity index (χ2n) is 3.46. The van der Waals surface area contributed by atoms with E-state index in [4.69, 9.17) is 0 Å². The third-order valence-electron chi connectivity index (χ3n) is 2.53. The fourth-order valence-corrected chi connectivity index (χ4v) is 1.72. The maximum absolute atomic E-state index is 3.78. The van der Waals surface area contributed by atoms with Crippen molar-refractivity contribution in [2.45, 2.75) is 46.5 Å². The molecule has 0 radical (unpaired) electrons. The Balaban J connectivity index is 3.70. The van der Waals surface area contributed by atoms with E-state index in [0.717, 1.165) is 11.8 Å². The molecule has 0 aliphatic rings. The van der Waals surface area contributed by atoms with Crippen molar-refractivity contribution in [2.75, 3.05) is 0 Å². The van der Waals surface area contributed by atoms with Gasteiger partial charge in [0.05, 0.1) is 0 Å². The summed E-state index contributed by atoms with van der Waals surface area (Å²) in [5.41, 5.74) is 0. The SMILES string of the molecule is C=CC[C@H](C)C(CC)CCC. The molecule has 0 aliphatic heterocycles. The summed E-state index contributed by atoms with van der Waals surface area (Å²) in [5, 5.41) is 0. The molecule has 0 N–H and O–H groups in total. The third-order valence-corrected chi connectivity index (χ3v) is 2.53. The van der Waals surface area contributed by atoms with Crippen molar-refractivity contribution in [3.05, 3.63) is 12.7 Å². The highest BCUT2D eigenvalue weighted by atomic mass is 14.2. The van der Waals surface area contributed by atoms with Gasteiger partial charge in [-0.15, -0.1) is 6.58 Å². The van der Waals surface area contributed by atoms with Gasteiger partial charge in [-0.2, -0.15) is 0 Å². The minimum absolute atomic E-state index is 0.831. The minimum Gasteiger partial charge on any atom is -0.103 e. The molecule has 0 heteroatoms. The molecule has 0 amide bonds. The van der Waals surface area contributed by atoms with Crippen LogP contribution in [0.3, 0.4) is 0 Å². The maximum Gasteiger partial charge on any atom is -0.0325 e. The number of allylic oxidation sites excluding steroid dienone is 1. The van der Waals surface area contributed by atoms with Gasteiger partial charge in [0.1, 0.15) is 0 Å². The highest BCUT2D eigenvalue weighted by Gasteiger charge is 2.12. The van der Waals surface area contributed by atoms with Gasteiger partial charge in [-0.1, -0.05) is 46.1 Å². The Kier molecular flexibility index (Phi) is 6.30. The highest BCUT2D eigenvalue weighted by Crippen LogP contribution is 2.23. The van der Waals surface area contributed by atoms with Gasteiger partial charge in [0.25, 0.3) is 0 Å². The summed E-state index contributed by atoms with van der Waals surface area (Å²) in [6, 6.07) is 0. The van der Waals surface area contributed by atoms with E-state index in [0.29, 0.717) is 0 Å². The lowest BCUT2D eigenvalue weighted by Gasteiger charge is -2.20. The summed E-state index contributed by atoms with van der Waals surface area (Å²) in [6.45, 7) is 10.7. The lowest BCUT2D eigenvalue weighted by atomic mass is 9.86. The number of hydrogen-bond acceptors (Lipinski definition) is 0. The lowest BCUT2D eigenvalue weighted by Crippen LogP contribution is -2.09. The van der Waals surface area contributed by atoms with Crippen molar-refractivity contribution in [3.63, 3.8) is 0 Å². The topological polar surface area (TPSA) is 0 Å². The van der Waals surface area contributed by atoms with Gasteiger partial charge < -0.3 is 0 Å². The summed E-state index contributed by atoms with van der Waals surface area (Å²) in [5.74, 6) is 1.75. The van der Waals surface area contributed by atoms with Gasteiger partial charge in [-0.25, -0.2) is 0 Å². The predicted molar refractivity (Wildman–Crippen MR) is 52.7 cm³/mol. The zero-order valence-electron chi connectivity index (χ0n) is 8.27. The first-order valence-corrected chi connectivity index (χ1v) is 4.87. The van der Waals surface area contributed by atoms with Crippen LogP contribution in [0.5, 0.6) is 0 Å². The molecule has 0 spiro atoms. The van der Waals surface area contributed by atoms with Gasteiger partial charge in [0.15, 0.2) is 0 Å². The van der Waals surface area contributed by atoms with E-state index in [-0.39, 0.29) is 0 Å². The van der Waals surface area contributed by atoms with E-state index in [1.54, 1.807) is 0 Å². The Morgan fingerprint density at radius 1 is 1.36 bits per heavy atom. The predicted octanol–water partition coefficient (Wildman–Crippen LogP) is 4.02. The average molecular weight is 154 g/mol. The fraction of sp³-hybridized carbons (Fsp3) is 0.818. The Morgan fingerprint density at radius 3 is 2.36 bits per heavy atom. The maximum atomic E-state index is 3.78. The van der Waals surface area contributed by atoms with Gasteiger partial charge in [-0.05, 0) is 18.3 Å². The number of hydrogen-bond donors (Lipinski definition) is 0. The third kappa shape index (κ3) is 4.23. The Labute approximate surface area is 71.7 Å². The molecule has 1 unspecified atom stereocenters. The van der Waals surface area contributed by atoms with E-state index in [1.807, 2.05) is 6.08 Å². The van der Waals surface area contributed by atoms with Crippen LogP contribution >= 0.6 is 0 Å². The molecule has 0 fully saturated rings. The highest BCUT2D eigenvalue weighted by molar-refractivity contribution is 4.74. The Morgan fingerprint density at radius 2 is 2.00 bits per heavy atom. The number of rotatable bonds is 6. The first-order chi connectivity index (χ1) is 5.26. The van der Waals surface area contributed by atoms with Crippen LogP contribution in [0, 0.1) is 11.8 Å². The van der Waals surface area contributed by atoms with Crippen LogP contribution in [0.2, 0.25) is 0 Å². The van der Waals surface area contributed by atoms with Crippen molar-refractivity contribution in [1.82, 2.24) is 0 Å². The summed E-state index contributed by atoms with van der Waals surface area (Å²) in [7, 11) is 0. The molecular formula is C11H22. The molecule has 0 saturated heterocycles. The standard InChI is InChI=1S/C11H22/c1-5-8-10(4)11(7-3)9-6-2/h5,10-11H,1,6-9H2,2-4H3/t10-,11?/m0/s1. The molecule has 0 nitrogen and oxygen atoms in total. The quantitative estimate of drug-likeness (QED) is 0.507. The van der Waals surface area contributed by atoms with Crippen LogP contribution in [0.4, 0.5) is 0 Å². The molecule has 0 aromatic heterocycles. The lowest BCUT2D eigenvalue weighted by molar-refractivity contribution is 0.325. The summed E-state index contributed by atoms with van der Waals surface area (Å²) in [6.07, 6.45) is 7.25. The average Bonchev–Trinajstić information content (AvgIpc) is 2.00. The van der Waals surface area contributed by atoms with Crippen LogP contribution in [-0.2, 0) is 0 Å². The summed E-state index contributed by atoms with van der Waals surface area (Å²) >= 11 is 0. The summed E-state index contributed by atoms with van der Waals surface area (Å²) < 4.78 is 0. The van der Waals surface area contributed by atoms with Gasteiger partial charge in [0, 0.05) is 0 Å². The molecule has 0 aromatic rings. The minimum atomic E-state index is 0.831. The molecule has 11 heavy (non-hydrogen) atoms. The largest absolute Gasteiger partial charge is 0.103 e. The van der Waals surface area contributed by atoms with Crippen molar-refractivity contribution < 1.29 is 0 Å². The van der Waals surface area contributed by atoms with E-state index in [9.17, 15) is 0 Å². The van der Waals surface area contributed by atoms with Crippen LogP contribution < -0.4 is 0 Å². The normalized spacial score (nSPS) is 15.9. The van der Waals surface area contributed by atoms with E-state index < -0.39 is 0 Å². The van der Waals surface area contributed by atoms with Crippen LogP contribution in [0.1, 0.15) is 46.5 Å². The molecule has 0 aromatic carbocycles. The molecular weight excluding hydrogens is 132 g/mol. The zero-order valence-corrected chi connectivity index (χ0v) is 8.27. The van der Waals surface area contributed by atoms with Crippen molar-refractivity contribution in [2.24, 2.45) is 11.8 Å². The van der Waals surface area contributed by atoms with E-state index in [1.165, 1.54) is 25.7 Å². The first-order valence-electron chi connectivity index (χ1n) is 4.87. The van der Waals surface area contributed by atoms with Crippen LogP contribution in [0.25, 0.3) is 0 Å². The Bertz CT molecular complexity index is 94.2. The molecule has 0 rings (SSSR count). The van der Waals surface area contributed by atoms with E-state index >= 15 is 0 Å². The van der Waals surface area contributed by atoms with Crippen molar-refractivity contribution in [3.8, 4) is 0 Å². The van der Waals surface area contributed by atoms with Gasteiger partial charge in [0.2, 0.25) is 0 Å². The monoisotopic (exact) mass is 154 g/mol. The molecule has 0 bridgehead atoms. The molecule has 2 atom stereocenters. The van der Waals surface area contributed by atoms with Gasteiger partial charge in [-0.3, -0.25) is 0 Å². The molecule has 0 aliphatic carbocycles. The fourth-order valence-electron chi connectivity index (χ4n) is 1.72. The second kappa shape index (κ2) is 6.45. The van der Waals surface area contributed by atoms with Gasteiger partial charge >= 0.3 is 0 Å². The van der Waals surface area contributed by atoms with Crippen molar-refractivity contribution >= 4 is 0 Å². The molecule has 0 saturated carbocycles. The van der Waals surface area contributed by atoms with Crippen molar-refractivity contribution in [1.29, 1.82) is 0 Å². The Hall–Kier alpha value is -0.260. The molecule has 0 heterocycles. The summed E-state index contributed by atoms with van der Waals surface area (Å²) in [4.78, 5) is 0. The first kappa shape index (κ1) is 10.7. The smallest absolute Gasteiger partial charge is 0.0325 e. The van der Waals surface area contributed by atoms with Crippen LogP contribution in [0.15, 0.2) is 12.7 Å². The second-order valence-corrected chi connectivity index (χ2v) is 3.46.